The number of benzene rings is 3. The van der Waals surface area contributed by atoms with Crippen molar-refractivity contribution >= 4 is 12.3 Å². The van der Waals surface area contributed by atoms with Crippen LogP contribution in [0, 0.1) is 0 Å². The van der Waals surface area contributed by atoms with Crippen molar-refractivity contribution in [3.05, 3.63) is 108 Å². The Morgan fingerprint density at radius 2 is 1.08 bits per heavy atom. The van der Waals surface area contributed by atoms with Gasteiger partial charge in [0, 0.05) is 0 Å². The van der Waals surface area contributed by atoms with Crippen LogP contribution in [0.2, 0.25) is 0 Å². The van der Waals surface area contributed by atoms with Crippen LogP contribution < -0.4 is 0 Å². The molecule has 3 nitrogen and oxygen atoms in total. The standard InChI is InChI=1S/C22H17O3/c23-16-20(17-10-4-1-5-11-17)22(24)25-21(18-12-6-2-7-13-18)19-14-8-3-9-15-19/h1-15,20-21H. The zero-order chi connectivity index (χ0) is 17.5. The van der Waals surface area contributed by atoms with Gasteiger partial charge in [-0.05, 0) is 16.7 Å². The van der Waals surface area contributed by atoms with E-state index in [0.717, 1.165) is 11.1 Å². The molecule has 1 atom stereocenters. The van der Waals surface area contributed by atoms with Crippen LogP contribution in [0.15, 0.2) is 91.0 Å². The molecule has 0 aliphatic heterocycles. The molecule has 1 radical (unpaired) electrons. The Kier molecular flexibility index (Phi) is 5.37. The largest absolute Gasteiger partial charge is 0.452 e. The quantitative estimate of drug-likeness (QED) is 0.502. The van der Waals surface area contributed by atoms with Gasteiger partial charge in [0.15, 0.2) is 6.10 Å². The topological polar surface area (TPSA) is 43.4 Å². The molecule has 0 fully saturated rings. The fourth-order valence-electron chi connectivity index (χ4n) is 2.67. The number of ether oxygens (including phenoxy) is 1. The van der Waals surface area contributed by atoms with E-state index < -0.39 is 18.0 Å². The number of esters is 1. The van der Waals surface area contributed by atoms with Crippen molar-refractivity contribution < 1.29 is 14.3 Å². The average Bonchev–Trinajstić information content (AvgIpc) is 2.69. The Labute approximate surface area is 146 Å². The van der Waals surface area contributed by atoms with Crippen LogP contribution in [0.3, 0.4) is 0 Å². The number of hydrogen-bond donors (Lipinski definition) is 0. The SMILES string of the molecule is O=[C]C(C(=O)OC(c1ccccc1)c1ccccc1)c1ccccc1. The lowest BCUT2D eigenvalue weighted by molar-refractivity contribution is -0.147. The van der Waals surface area contributed by atoms with Gasteiger partial charge in [0.25, 0.3) is 0 Å². The van der Waals surface area contributed by atoms with Crippen LogP contribution in [-0.4, -0.2) is 12.3 Å². The van der Waals surface area contributed by atoms with Crippen LogP contribution in [0.25, 0.3) is 0 Å². The van der Waals surface area contributed by atoms with E-state index in [1.165, 1.54) is 0 Å². The first-order valence-electron chi connectivity index (χ1n) is 8.02. The van der Waals surface area contributed by atoms with E-state index in [1.807, 2.05) is 66.7 Å². The lowest BCUT2D eigenvalue weighted by Crippen LogP contribution is -2.20. The summed E-state index contributed by atoms with van der Waals surface area (Å²) in [6.45, 7) is 0. The summed E-state index contributed by atoms with van der Waals surface area (Å²) in [6.07, 6.45) is 1.23. The smallest absolute Gasteiger partial charge is 0.322 e. The molecule has 0 bridgehead atoms. The maximum Gasteiger partial charge on any atom is 0.322 e. The minimum absolute atomic E-state index is 0.572. The first kappa shape index (κ1) is 16.7. The van der Waals surface area contributed by atoms with Gasteiger partial charge in [-0.15, -0.1) is 0 Å². The molecule has 3 aromatic carbocycles. The predicted molar refractivity (Wildman–Crippen MR) is 95.7 cm³/mol. The van der Waals surface area contributed by atoms with E-state index >= 15 is 0 Å². The molecule has 123 valence electrons. The fourth-order valence-corrected chi connectivity index (χ4v) is 2.67. The van der Waals surface area contributed by atoms with Gasteiger partial charge >= 0.3 is 5.97 Å². The molecule has 1 unspecified atom stereocenters. The molecular formula is C22H17O3. The summed E-state index contributed by atoms with van der Waals surface area (Å²) in [5.41, 5.74) is 2.27. The Morgan fingerprint density at radius 3 is 1.48 bits per heavy atom. The van der Waals surface area contributed by atoms with Crippen LogP contribution >= 0.6 is 0 Å². The number of carbonyl (C=O) groups excluding carboxylic acids is 2. The molecule has 3 aromatic rings. The third-order valence-corrected chi connectivity index (χ3v) is 3.93. The van der Waals surface area contributed by atoms with Crippen molar-refractivity contribution in [2.45, 2.75) is 12.0 Å². The number of carbonyl (C=O) groups is 1. The predicted octanol–water partition coefficient (Wildman–Crippen LogP) is 4.21. The monoisotopic (exact) mass is 329 g/mol. The first-order chi connectivity index (χ1) is 12.3. The maximum absolute atomic E-state index is 12.6. The van der Waals surface area contributed by atoms with Crippen molar-refractivity contribution in [3.8, 4) is 0 Å². The van der Waals surface area contributed by atoms with Gasteiger partial charge in [0.05, 0.1) is 0 Å². The summed E-state index contributed by atoms with van der Waals surface area (Å²) in [7, 11) is 0. The van der Waals surface area contributed by atoms with Crippen LogP contribution in [-0.2, 0) is 14.3 Å². The molecular weight excluding hydrogens is 312 g/mol. The lowest BCUT2D eigenvalue weighted by atomic mass is 9.99. The summed E-state index contributed by atoms with van der Waals surface area (Å²) < 4.78 is 5.73. The maximum atomic E-state index is 12.6. The number of hydrogen-bond acceptors (Lipinski definition) is 3. The second-order valence-electron chi connectivity index (χ2n) is 5.60. The molecule has 0 aliphatic rings. The highest BCUT2D eigenvalue weighted by Crippen LogP contribution is 2.28. The Morgan fingerprint density at radius 1 is 0.680 bits per heavy atom. The van der Waals surface area contributed by atoms with Gasteiger partial charge in [-0.1, -0.05) is 91.0 Å². The second kappa shape index (κ2) is 8.06. The molecule has 3 rings (SSSR count). The van der Waals surface area contributed by atoms with Crippen LogP contribution in [0.5, 0.6) is 0 Å². The zero-order valence-electron chi connectivity index (χ0n) is 13.5. The Hall–Kier alpha value is -3.20. The van der Waals surface area contributed by atoms with Crippen LogP contribution in [0.1, 0.15) is 28.7 Å². The van der Waals surface area contributed by atoms with Crippen molar-refractivity contribution in [3.63, 3.8) is 0 Å². The van der Waals surface area contributed by atoms with E-state index in [0.29, 0.717) is 5.56 Å². The molecule has 0 aromatic heterocycles. The highest BCUT2D eigenvalue weighted by atomic mass is 16.5. The van der Waals surface area contributed by atoms with E-state index in [4.69, 9.17) is 4.74 Å². The molecule has 0 saturated carbocycles. The second-order valence-corrected chi connectivity index (χ2v) is 5.60. The Bertz CT molecular complexity index is 774. The summed E-state index contributed by atoms with van der Waals surface area (Å²) >= 11 is 0. The van der Waals surface area contributed by atoms with Gasteiger partial charge in [-0.25, -0.2) is 0 Å². The van der Waals surface area contributed by atoms with E-state index in [9.17, 15) is 9.59 Å². The molecule has 0 heterocycles. The van der Waals surface area contributed by atoms with Crippen molar-refractivity contribution in [1.29, 1.82) is 0 Å². The zero-order valence-corrected chi connectivity index (χ0v) is 13.5. The summed E-state index contributed by atoms with van der Waals surface area (Å²) in [6, 6.07) is 27.8. The molecule has 3 heteroatoms. The molecule has 25 heavy (non-hydrogen) atoms. The van der Waals surface area contributed by atoms with Crippen LogP contribution in [0.4, 0.5) is 0 Å². The van der Waals surface area contributed by atoms with Gasteiger partial charge in [0.2, 0.25) is 6.29 Å². The third-order valence-electron chi connectivity index (χ3n) is 3.93. The van der Waals surface area contributed by atoms with Crippen molar-refractivity contribution in [2.24, 2.45) is 0 Å². The third kappa shape index (κ3) is 4.01. The summed E-state index contributed by atoms with van der Waals surface area (Å²) in [5.74, 6) is -1.67. The summed E-state index contributed by atoms with van der Waals surface area (Å²) in [5, 5.41) is 0. The normalized spacial score (nSPS) is 11.7. The van der Waals surface area contributed by atoms with Crippen molar-refractivity contribution in [2.75, 3.05) is 0 Å². The van der Waals surface area contributed by atoms with E-state index in [2.05, 4.69) is 0 Å². The fraction of sp³-hybridized carbons (Fsp3) is 0.0909. The molecule has 0 N–H and O–H groups in total. The van der Waals surface area contributed by atoms with E-state index in [-0.39, 0.29) is 0 Å². The molecule has 0 aliphatic carbocycles. The van der Waals surface area contributed by atoms with E-state index in [1.54, 1.807) is 30.6 Å². The Balaban J connectivity index is 1.90. The minimum Gasteiger partial charge on any atom is -0.452 e. The van der Waals surface area contributed by atoms with Crippen molar-refractivity contribution in [1.82, 2.24) is 0 Å². The highest BCUT2D eigenvalue weighted by Gasteiger charge is 2.27. The molecule has 0 saturated heterocycles. The lowest BCUT2D eigenvalue weighted by Gasteiger charge is -2.20. The highest BCUT2D eigenvalue weighted by molar-refractivity contribution is 5.94. The van der Waals surface area contributed by atoms with Gasteiger partial charge < -0.3 is 4.74 Å². The van der Waals surface area contributed by atoms with Gasteiger partial charge in [-0.3, -0.25) is 9.59 Å². The van der Waals surface area contributed by atoms with Gasteiger partial charge in [-0.2, -0.15) is 0 Å². The van der Waals surface area contributed by atoms with Gasteiger partial charge in [0.1, 0.15) is 5.92 Å². The molecule has 0 spiro atoms. The minimum atomic E-state index is -1.06. The number of rotatable bonds is 6. The molecule has 0 amide bonds. The first-order valence-corrected chi connectivity index (χ1v) is 8.02. The summed E-state index contributed by atoms with van der Waals surface area (Å²) in [4.78, 5) is 24.0. The average molecular weight is 329 g/mol.